The van der Waals surface area contributed by atoms with Gasteiger partial charge in [0.25, 0.3) is 5.91 Å². The summed E-state index contributed by atoms with van der Waals surface area (Å²) in [6.07, 6.45) is -0.595. The number of hydrogen-bond acceptors (Lipinski definition) is 6. The van der Waals surface area contributed by atoms with E-state index in [1.54, 1.807) is 12.1 Å². The van der Waals surface area contributed by atoms with E-state index in [1.807, 2.05) is 54.6 Å². The highest BCUT2D eigenvalue weighted by Crippen LogP contribution is 2.38. The lowest BCUT2D eigenvalue weighted by molar-refractivity contribution is -0.00188. The number of benzene rings is 3. The summed E-state index contributed by atoms with van der Waals surface area (Å²) in [5, 5.41) is 0.855. The van der Waals surface area contributed by atoms with Gasteiger partial charge in [0.05, 0.1) is 22.5 Å². The third-order valence-corrected chi connectivity index (χ3v) is 8.73. The second kappa shape index (κ2) is 9.19. The maximum Gasteiger partial charge on any atom is 0.259 e. The average Bonchev–Trinajstić information content (AvgIpc) is 3.25. The molecule has 7 nitrogen and oxygen atoms in total. The molecule has 1 saturated heterocycles. The van der Waals surface area contributed by atoms with Crippen LogP contribution in [0.5, 0.6) is 11.5 Å². The Bertz CT molecular complexity index is 1430. The Hall–Kier alpha value is -3.24. The highest BCUT2D eigenvalue weighted by Gasteiger charge is 2.34. The molecule has 2 heterocycles. The quantitative estimate of drug-likeness (QED) is 0.424. The molecule has 5 rings (SSSR count). The van der Waals surface area contributed by atoms with E-state index in [0.29, 0.717) is 21.9 Å². The Balaban J connectivity index is 1.40. The van der Waals surface area contributed by atoms with E-state index in [1.165, 1.54) is 27.8 Å². The zero-order valence-electron chi connectivity index (χ0n) is 18.1. The second-order valence-electron chi connectivity index (χ2n) is 7.81. The lowest BCUT2D eigenvalue weighted by Gasteiger charge is -2.32. The van der Waals surface area contributed by atoms with Gasteiger partial charge >= 0.3 is 0 Å². The molecular weight excluding hydrogens is 472 g/mol. The fourth-order valence-corrected chi connectivity index (χ4v) is 6.57. The Labute approximate surface area is 201 Å². The van der Waals surface area contributed by atoms with Crippen molar-refractivity contribution in [3.63, 3.8) is 0 Å². The molecule has 1 aromatic heterocycles. The number of amides is 1. The number of sulfonamides is 1. The van der Waals surface area contributed by atoms with Crippen LogP contribution < -0.4 is 10.5 Å². The molecule has 0 unspecified atom stereocenters. The van der Waals surface area contributed by atoms with Crippen molar-refractivity contribution in [3.8, 4) is 11.5 Å². The van der Waals surface area contributed by atoms with Crippen molar-refractivity contribution >= 4 is 37.4 Å². The molecule has 34 heavy (non-hydrogen) atoms. The molecule has 174 valence electrons. The number of ether oxygens (including phenoxy) is 2. The van der Waals surface area contributed by atoms with Gasteiger partial charge in [-0.25, -0.2) is 8.42 Å². The van der Waals surface area contributed by atoms with Gasteiger partial charge in [-0.1, -0.05) is 36.4 Å². The molecule has 0 bridgehead atoms. The molecule has 2 N–H and O–H groups in total. The molecule has 0 spiro atoms. The molecule has 0 saturated carbocycles. The number of rotatable bonds is 6. The number of hydrogen-bond donors (Lipinski definition) is 1. The van der Waals surface area contributed by atoms with E-state index >= 15 is 0 Å². The summed E-state index contributed by atoms with van der Waals surface area (Å²) in [5.74, 6) is 0.664. The second-order valence-corrected chi connectivity index (χ2v) is 10.8. The lowest BCUT2D eigenvalue weighted by atomic mass is 10.0. The Kier molecular flexibility index (Phi) is 6.09. The molecular formula is C25H22N2O5S2. The number of carbonyl (C=O) groups excluding carboxylic acids is 1. The molecule has 1 amide bonds. The van der Waals surface area contributed by atoms with E-state index in [-0.39, 0.29) is 24.6 Å². The predicted molar refractivity (Wildman–Crippen MR) is 131 cm³/mol. The van der Waals surface area contributed by atoms with Gasteiger partial charge in [0.15, 0.2) is 0 Å². The van der Waals surface area contributed by atoms with Crippen molar-refractivity contribution in [3.05, 3.63) is 89.3 Å². The highest BCUT2D eigenvalue weighted by molar-refractivity contribution is 7.89. The van der Waals surface area contributed by atoms with Crippen LogP contribution in [0.4, 0.5) is 0 Å². The van der Waals surface area contributed by atoms with Crippen LogP contribution in [-0.2, 0) is 14.8 Å². The number of primary amides is 1. The van der Waals surface area contributed by atoms with Crippen molar-refractivity contribution in [1.82, 2.24) is 4.31 Å². The first-order chi connectivity index (χ1) is 16.4. The molecule has 1 atom stereocenters. The fraction of sp³-hybridized carbons (Fsp3) is 0.160. The summed E-state index contributed by atoms with van der Waals surface area (Å²) in [6.45, 7) is 0.516. The van der Waals surface area contributed by atoms with Gasteiger partial charge in [-0.05, 0) is 47.9 Å². The minimum atomic E-state index is -3.78. The molecule has 1 aliphatic heterocycles. The van der Waals surface area contributed by atoms with E-state index in [9.17, 15) is 13.2 Å². The van der Waals surface area contributed by atoms with E-state index in [4.69, 9.17) is 15.2 Å². The van der Waals surface area contributed by atoms with Gasteiger partial charge in [-0.3, -0.25) is 4.79 Å². The summed E-state index contributed by atoms with van der Waals surface area (Å²) in [5.41, 5.74) is 6.29. The van der Waals surface area contributed by atoms with Crippen LogP contribution in [0.25, 0.3) is 10.1 Å². The smallest absolute Gasteiger partial charge is 0.259 e. The standard InChI is InChI=1S/C25H22N2O5S2/c26-25(28)24-23(20-8-4-5-9-22(20)33-24)21-16-27(14-15-31-21)34(29,30)19-12-10-18(11-13-19)32-17-6-2-1-3-7-17/h1-13,21H,14-16H2,(H2,26,28)/t21-/m0/s1. The number of nitrogens with two attached hydrogens (primary N) is 1. The molecule has 0 radical (unpaired) electrons. The third kappa shape index (κ3) is 4.30. The molecule has 3 aromatic carbocycles. The predicted octanol–water partition coefficient (Wildman–Crippen LogP) is 4.55. The highest BCUT2D eigenvalue weighted by atomic mass is 32.2. The van der Waals surface area contributed by atoms with Crippen molar-refractivity contribution in [1.29, 1.82) is 0 Å². The van der Waals surface area contributed by atoms with Crippen LogP contribution in [0.1, 0.15) is 21.3 Å². The van der Waals surface area contributed by atoms with Crippen LogP contribution in [-0.4, -0.2) is 38.3 Å². The zero-order valence-corrected chi connectivity index (χ0v) is 19.7. The maximum atomic E-state index is 13.4. The topological polar surface area (TPSA) is 98.9 Å². The van der Waals surface area contributed by atoms with Crippen LogP contribution in [0.2, 0.25) is 0 Å². The zero-order chi connectivity index (χ0) is 23.7. The summed E-state index contributed by atoms with van der Waals surface area (Å²) >= 11 is 1.30. The van der Waals surface area contributed by atoms with Gasteiger partial charge < -0.3 is 15.2 Å². The van der Waals surface area contributed by atoms with Crippen LogP contribution in [0.3, 0.4) is 0 Å². The number of nitrogens with zero attached hydrogens (tertiary/aromatic N) is 1. The van der Waals surface area contributed by atoms with Crippen LogP contribution >= 0.6 is 11.3 Å². The van der Waals surface area contributed by atoms with Crippen LogP contribution in [0.15, 0.2) is 83.8 Å². The van der Waals surface area contributed by atoms with Gasteiger partial charge in [-0.2, -0.15) is 4.31 Å². The van der Waals surface area contributed by atoms with Gasteiger partial charge in [0.2, 0.25) is 10.0 Å². The number of para-hydroxylation sites is 1. The number of morpholine rings is 1. The van der Waals surface area contributed by atoms with Crippen molar-refractivity contribution in [2.24, 2.45) is 5.73 Å². The molecule has 9 heteroatoms. The Morgan fingerprint density at radius 3 is 2.38 bits per heavy atom. The SMILES string of the molecule is NC(=O)c1sc2ccccc2c1[C@@H]1CN(S(=O)(=O)c2ccc(Oc3ccccc3)cc2)CCO1. The Morgan fingerprint density at radius 2 is 1.65 bits per heavy atom. The first kappa shape index (κ1) is 22.5. The van der Waals surface area contributed by atoms with E-state index < -0.39 is 22.0 Å². The minimum Gasteiger partial charge on any atom is -0.457 e. The first-order valence-electron chi connectivity index (χ1n) is 10.7. The van der Waals surface area contributed by atoms with Gasteiger partial charge in [0.1, 0.15) is 11.5 Å². The molecule has 1 aliphatic rings. The molecule has 4 aromatic rings. The first-order valence-corrected chi connectivity index (χ1v) is 12.9. The molecule has 1 fully saturated rings. The summed E-state index contributed by atoms with van der Waals surface area (Å²) in [7, 11) is -3.78. The average molecular weight is 495 g/mol. The molecule has 0 aliphatic carbocycles. The number of thiophene rings is 1. The third-order valence-electron chi connectivity index (χ3n) is 5.65. The summed E-state index contributed by atoms with van der Waals surface area (Å²) in [6, 6.07) is 23.2. The van der Waals surface area contributed by atoms with Crippen molar-refractivity contribution in [2.75, 3.05) is 19.7 Å². The Morgan fingerprint density at radius 1 is 0.971 bits per heavy atom. The van der Waals surface area contributed by atoms with E-state index in [0.717, 1.165) is 10.1 Å². The van der Waals surface area contributed by atoms with Gasteiger partial charge in [0, 0.05) is 23.4 Å². The number of fused-ring (bicyclic) bond motifs is 1. The maximum absolute atomic E-state index is 13.4. The monoisotopic (exact) mass is 494 g/mol. The normalized spacial score (nSPS) is 17.0. The van der Waals surface area contributed by atoms with Crippen LogP contribution in [0, 0.1) is 0 Å². The largest absolute Gasteiger partial charge is 0.457 e. The summed E-state index contributed by atoms with van der Waals surface area (Å²) < 4.78 is 40.8. The summed E-state index contributed by atoms with van der Waals surface area (Å²) in [4.78, 5) is 12.7. The fourth-order valence-electron chi connectivity index (χ4n) is 4.04. The van der Waals surface area contributed by atoms with Crippen molar-refractivity contribution in [2.45, 2.75) is 11.0 Å². The number of carbonyl (C=O) groups is 1. The van der Waals surface area contributed by atoms with E-state index in [2.05, 4.69) is 0 Å². The lowest BCUT2D eigenvalue weighted by Crippen LogP contribution is -2.42. The minimum absolute atomic E-state index is 0.0889. The van der Waals surface area contributed by atoms with Crippen molar-refractivity contribution < 1.29 is 22.7 Å². The van der Waals surface area contributed by atoms with Gasteiger partial charge in [-0.15, -0.1) is 11.3 Å².